The molecular formula is C22H26N4O2S2. The smallest absolute Gasteiger partial charge is 0.283 e. The summed E-state index contributed by atoms with van der Waals surface area (Å²) in [5, 5.41) is 17.7. The minimum atomic E-state index is -0.392. The molecule has 30 heavy (non-hydrogen) atoms. The molecule has 1 aromatic heterocycles. The number of aliphatic imine (C=N–C) groups is 1. The third-order valence-electron chi connectivity index (χ3n) is 6.15. The first-order chi connectivity index (χ1) is 14.7. The number of carbonyl (C=O) groups is 1. The Morgan fingerprint density at radius 2 is 1.83 bits per heavy atom. The van der Waals surface area contributed by atoms with Crippen LogP contribution in [0.4, 0.5) is 0 Å². The average Bonchev–Trinajstić information content (AvgIpc) is 3.39. The lowest BCUT2D eigenvalue weighted by Gasteiger charge is -2.20. The summed E-state index contributed by atoms with van der Waals surface area (Å²) in [6.07, 6.45) is 14.0. The molecule has 0 atom stereocenters. The first-order valence-corrected chi connectivity index (χ1v) is 12.6. The normalized spacial score (nSPS) is 24.9. The molecule has 2 fully saturated rings. The zero-order valence-corrected chi connectivity index (χ0v) is 18.6. The fourth-order valence-electron chi connectivity index (χ4n) is 4.49. The van der Waals surface area contributed by atoms with E-state index in [0.717, 1.165) is 23.0 Å². The van der Waals surface area contributed by atoms with Gasteiger partial charge in [-0.25, -0.2) is 0 Å². The van der Waals surface area contributed by atoms with Crippen LogP contribution in [-0.2, 0) is 4.79 Å². The van der Waals surface area contributed by atoms with Crippen molar-refractivity contribution >= 4 is 51.6 Å². The Morgan fingerprint density at radius 1 is 1.10 bits per heavy atom. The van der Waals surface area contributed by atoms with Crippen LogP contribution < -0.4 is 0 Å². The molecule has 2 aliphatic heterocycles. The Hall–Kier alpha value is -1.80. The summed E-state index contributed by atoms with van der Waals surface area (Å²) in [5.41, 5.74) is 0.233. The lowest BCUT2D eigenvalue weighted by atomic mass is 9.90. The molecule has 5 rings (SSSR count). The maximum atomic E-state index is 12.6. The Bertz CT molecular complexity index is 937. The molecule has 2 saturated carbocycles. The van der Waals surface area contributed by atoms with Gasteiger partial charge >= 0.3 is 0 Å². The fraction of sp³-hybridized carbons (Fsp3) is 0.545. The third-order valence-corrected chi connectivity index (χ3v) is 8.48. The molecule has 1 amide bonds. The summed E-state index contributed by atoms with van der Waals surface area (Å²) in [7, 11) is 0. The fourth-order valence-corrected chi connectivity index (χ4v) is 6.73. The Balaban J connectivity index is 1.32. The number of furan rings is 1. The monoisotopic (exact) mass is 442 g/mol. The Morgan fingerprint density at radius 3 is 2.60 bits per heavy atom. The summed E-state index contributed by atoms with van der Waals surface area (Å²) in [6, 6.07) is 3.83. The van der Waals surface area contributed by atoms with E-state index < -0.39 is 5.91 Å². The highest BCUT2D eigenvalue weighted by atomic mass is 32.2. The first kappa shape index (κ1) is 20.1. The van der Waals surface area contributed by atoms with Crippen LogP contribution >= 0.6 is 23.5 Å². The van der Waals surface area contributed by atoms with E-state index in [4.69, 9.17) is 9.83 Å². The zero-order valence-electron chi connectivity index (χ0n) is 16.9. The second kappa shape index (κ2) is 8.75. The van der Waals surface area contributed by atoms with Crippen molar-refractivity contribution in [2.45, 2.75) is 74.6 Å². The Labute approximate surface area is 185 Å². The topological polar surface area (TPSA) is 82.0 Å². The Kier molecular flexibility index (Phi) is 5.87. The molecule has 6 nitrogen and oxygen atoms in total. The molecule has 4 aliphatic rings. The van der Waals surface area contributed by atoms with Crippen LogP contribution in [0.3, 0.4) is 0 Å². The molecule has 1 aromatic rings. The highest BCUT2D eigenvalue weighted by molar-refractivity contribution is 8.27. The summed E-state index contributed by atoms with van der Waals surface area (Å²) in [4.78, 5) is 16.8. The molecule has 3 heterocycles. The van der Waals surface area contributed by atoms with E-state index in [1.165, 1.54) is 68.1 Å². The number of carbonyl (C=O) groups excluding carboxylic acids is 1. The van der Waals surface area contributed by atoms with E-state index in [1.807, 2.05) is 12.1 Å². The largest absolute Gasteiger partial charge is 0.450 e. The van der Waals surface area contributed by atoms with Crippen molar-refractivity contribution in [3.8, 4) is 0 Å². The molecular weight excluding hydrogens is 416 g/mol. The van der Waals surface area contributed by atoms with Gasteiger partial charge in [0.25, 0.3) is 5.91 Å². The second-order valence-electron chi connectivity index (χ2n) is 8.33. The number of amides is 1. The van der Waals surface area contributed by atoms with Crippen LogP contribution in [0.5, 0.6) is 0 Å². The number of amidine groups is 2. The number of nitrogens with one attached hydrogen (secondary N) is 1. The number of rotatable bonds is 4. The number of hydrazone groups is 1. The predicted octanol–water partition coefficient (Wildman–Crippen LogP) is 5.90. The zero-order chi connectivity index (χ0) is 20.5. The van der Waals surface area contributed by atoms with Crippen LogP contribution in [0, 0.1) is 11.3 Å². The van der Waals surface area contributed by atoms with Crippen molar-refractivity contribution < 1.29 is 9.21 Å². The maximum absolute atomic E-state index is 12.6. The van der Waals surface area contributed by atoms with Gasteiger partial charge in [0.15, 0.2) is 10.9 Å². The van der Waals surface area contributed by atoms with Crippen LogP contribution in [-0.4, -0.2) is 32.2 Å². The van der Waals surface area contributed by atoms with E-state index in [9.17, 15) is 4.79 Å². The van der Waals surface area contributed by atoms with Crippen molar-refractivity contribution in [1.29, 1.82) is 5.41 Å². The summed E-state index contributed by atoms with van der Waals surface area (Å²) < 4.78 is 5.94. The molecule has 8 heteroatoms. The van der Waals surface area contributed by atoms with Gasteiger partial charge in [0.1, 0.15) is 10.8 Å². The van der Waals surface area contributed by atoms with Gasteiger partial charge in [-0.1, -0.05) is 50.3 Å². The van der Waals surface area contributed by atoms with E-state index >= 15 is 0 Å². The molecule has 2 aliphatic carbocycles. The predicted molar refractivity (Wildman–Crippen MR) is 123 cm³/mol. The van der Waals surface area contributed by atoms with E-state index in [1.54, 1.807) is 17.8 Å². The number of nitrogens with zero attached hydrogens (tertiary/aromatic N) is 3. The van der Waals surface area contributed by atoms with Gasteiger partial charge in [0.05, 0.1) is 5.57 Å². The van der Waals surface area contributed by atoms with Crippen molar-refractivity contribution in [1.82, 2.24) is 5.01 Å². The van der Waals surface area contributed by atoms with E-state index in [-0.39, 0.29) is 11.4 Å². The second-order valence-corrected chi connectivity index (χ2v) is 10.6. The molecule has 158 valence electrons. The van der Waals surface area contributed by atoms with E-state index in [2.05, 4.69) is 10.1 Å². The number of hydrogen-bond acceptors (Lipinski definition) is 6. The van der Waals surface area contributed by atoms with Gasteiger partial charge in [0.2, 0.25) is 5.17 Å². The maximum Gasteiger partial charge on any atom is 0.283 e. The average molecular weight is 443 g/mol. The van der Waals surface area contributed by atoms with Gasteiger partial charge in [-0.05, 0) is 55.7 Å². The van der Waals surface area contributed by atoms with Crippen molar-refractivity contribution in [3.63, 3.8) is 0 Å². The van der Waals surface area contributed by atoms with Crippen LogP contribution in [0.1, 0.15) is 70.0 Å². The van der Waals surface area contributed by atoms with Crippen molar-refractivity contribution in [2.24, 2.45) is 16.0 Å². The number of thioether (sulfide) groups is 2. The van der Waals surface area contributed by atoms with Gasteiger partial charge in [-0.3, -0.25) is 10.2 Å². The standard InChI is InChI=1S/C22H26N4O2S2/c23-19-17(13-15-11-12-18(28-15)29-16-9-5-2-6-10-16)20(27)24-22-26(19)25-21(30-22)14-7-3-1-4-8-14/h11-14,16,23H,1-10H2/b17-13+,23-19?. The summed E-state index contributed by atoms with van der Waals surface area (Å²) in [6.45, 7) is 0. The number of hydrogen-bond donors (Lipinski definition) is 1. The van der Waals surface area contributed by atoms with Gasteiger partial charge in [-0.2, -0.15) is 15.1 Å². The van der Waals surface area contributed by atoms with Crippen molar-refractivity contribution in [3.05, 3.63) is 23.5 Å². The molecule has 0 unspecified atom stereocenters. The van der Waals surface area contributed by atoms with Gasteiger partial charge in [-0.15, -0.1) is 0 Å². The van der Waals surface area contributed by atoms with Gasteiger partial charge < -0.3 is 4.42 Å². The highest BCUT2D eigenvalue weighted by Crippen LogP contribution is 2.37. The van der Waals surface area contributed by atoms with Crippen molar-refractivity contribution in [2.75, 3.05) is 0 Å². The molecule has 0 spiro atoms. The lowest BCUT2D eigenvalue weighted by Crippen LogP contribution is -2.35. The van der Waals surface area contributed by atoms with Crippen LogP contribution in [0.15, 0.2) is 37.3 Å². The summed E-state index contributed by atoms with van der Waals surface area (Å²) >= 11 is 3.23. The number of fused-ring (bicyclic) bond motifs is 1. The molecule has 0 radical (unpaired) electrons. The molecule has 1 N–H and O–H groups in total. The first-order valence-electron chi connectivity index (χ1n) is 10.9. The van der Waals surface area contributed by atoms with Crippen LogP contribution in [0.2, 0.25) is 0 Å². The molecule has 0 aromatic carbocycles. The lowest BCUT2D eigenvalue weighted by molar-refractivity contribution is -0.114. The van der Waals surface area contributed by atoms with Crippen LogP contribution in [0.25, 0.3) is 6.08 Å². The van der Waals surface area contributed by atoms with Gasteiger partial charge in [0, 0.05) is 11.2 Å². The molecule has 0 bridgehead atoms. The molecule has 0 saturated heterocycles. The van der Waals surface area contributed by atoms with E-state index in [0.29, 0.717) is 22.1 Å². The highest BCUT2D eigenvalue weighted by Gasteiger charge is 2.38. The summed E-state index contributed by atoms with van der Waals surface area (Å²) in [5.74, 6) is 0.707. The minimum absolute atomic E-state index is 0.0844. The SMILES string of the molecule is N=C1/C(=C\c2ccc(SC3CCCCC3)o2)C(=O)N=C2SC(C3CCCCC3)=NN12. The quantitative estimate of drug-likeness (QED) is 0.587. The minimum Gasteiger partial charge on any atom is -0.450 e. The third kappa shape index (κ3) is 4.17.